The lowest BCUT2D eigenvalue weighted by Gasteiger charge is -2.34. The van der Waals surface area contributed by atoms with Crippen LogP contribution < -0.4 is 5.32 Å². The van der Waals surface area contributed by atoms with Gasteiger partial charge in [-0.05, 0) is 43.2 Å². The standard InChI is InChI=1S/C22H31N3O2S/c26-16-18-8-6-17(7-9-18)10-15-28-25-13-11-22(12-14-25)21(27)23-20(24-22)19-4-2-1-3-5-19/h6-9,19,26H,1-5,10-16H2,(H,23,24,27). The normalized spacial score (nSPS) is 23.0. The molecule has 2 heterocycles. The number of carbonyl (C=O) groups excluding carboxylic acids is 1. The van der Waals surface area contributed by atoms with Crippen LogP contribution >= 0.6 is 11.9 Å². The van der Waals surface area contributed by atoms with Crippen LogP contribution in [0.1, 0.15) is 56.1 Å². The van der Waals surface area contributed by atoms with Gasteiger partial charge in [-0.3, -0.25) is 14.1 Å². The van der Waals surface area contributed by atoms with E-state index >= 15 is 0 Å². The molecule has 6 heteroatoms. The molecule has 3 aliphatic rings. The van der Waals surface area contributed by atoms with Crippen molar-refractivity contribution >= 4 is 23.7 Å². The first-order chi connectivity index (χ1) is 13.7. The number of hydrogen-bond acceptors (Lipinski definition) is 5. The molecular formula is C22H31N3O2S. The van der Waals surface area contributed by atoms with Crippen LogP contribution in [-0.2, 0) is 17.8 Å². The van der Waals surface area contributed by atoms with Gasteiger partial charge in [0, 0.05) is 24.8 Å². The zero-order valence-corrected chi connectivity index (χ0v) is 17.3. The molecule has 0 aromatic heterocycles. The summed E-state index contributed by atoms with van der Waals surface area (Å²) in [5.74, 6) is 2.63. The van der Waals surface area contributed by atoms with Gasteiger partial charge in [0.05, 0.1) is 6.61 Å². The van der Waals surface area contributed by atoms with Crippen LogP contribution in [0.15, 0.2) is 29.3 Å². The van der Waals surface area contributed by atoms with E-state index in [1.807, 2.05) is 24.1 Å². The number of rotatable bonds is 6. The van der Waals surface area contributed by atoms with E-state index in [1.54, 1.807) is 0 Å². The van der Waals surface area contributed by atoms with Crippen LogP contribution in [0.25, 0.3) is 0 Å². The van der Waals surface area contributed by atoms with E-state index in [4.69, 9.17) is 10.1 Å². The first-order valence-electron chi connectivity index (χ1n) is 10.7. The molecule has 0 bridgehead atoms. The highest BCUT2D eigenvalue weighted by molar-refractivity contribution is 7.97. The summed E-state index contributed by atoms with van der Waals surface area (Å²) in [6.07, 6.45) is 8.87. The molecule has 1 aromatic carbocycles. The van der Waals surface area contributed by atoms with Crippen molar-refractivity contribution in [2.75, 3.05) is 18.8 Å². The molecule has 1 saturated carbocycles. The summed E-state index contributed by atoms with van der Waals surface area (Å²) in [4.78, 5) is 17.7. The molecule has 152 valence electrons. The maximum atomic E-state index is 12.7. The van der Waals surface area contributed by atoms with Gasteiger partial charge in [0.25, 0.3) is 5.91 Å². The van der Waals surface area contributed by atoms with Gasteiger partial charge in [-0.1, -0.05) is 55.5 Å². The Morgan fingerprint density at radius 1 is 1.11 bits per heavy atom. The number of nitrogens with zero attached hydrogens (tertiary/aromatic N) is 2. The molecule has 2 N–H and O–H groups in total. The smallest absolute Gasteiger partial charge is 0.253 e. The number of benzene rings is 1. The fraction of sp³-hybridized carbons (Fsp3) is 0.636. The number of hydrogen-bond donors (Lipinski definition) is 2. The predicted octanol–water partition coefficient (Wildman–Crippen LogP) is 3.31. The Morgan fingerprint density at radius 2 is 1.79 bits per heavy atom. The van der Waals surface area contributed by atoms with Gasteiger partial charge in [0.15, 0.2) is 0 Å². The Hall–Kier alpha value is -1.37. The fourth-order valence-corrected chi connectivity index (χ4v) is 5.57. The summed E-state index contributed by atoms with van der Waals surface area (Å²) >= 11 is 1.88. The molecule has 1 aliphatic carbocycles. The number of aliphatic hydroxyl groups is 1. The summed E-state index contributed by atoms with van der Waals surface area (Å²) in [6, 6.07) is 8.18. The van der Waals surface area contributed by atoms with E-state index in [-0.39, 0.29) is 12.5 Å². The van der Waals surface area contributed by atoms with E-state index in [2.05, 4.69) is 21.8 Å². The number of carbonyl (C=O) groups is 1. The Balaban J connectivity index is 1.25. The highest BCUT2D eigenvalue weighted by Gasteiger charge is 2.46. The topological polar surface area (TPSA) is 64.9 Å². The third-order valence-electron chi connectivity index (χ3n) is 6.41. The number of nitrogens with one attached hydrogen (secondary N) is 1. The monoisotopic (exact) mass is 401 g/mol. The maximum absolute atomic E-state index is 12.7. The lowest BCUT2D eigenvalue weighted by atomic mass is 9.88. The van der Waals surface area contributed by atoms with Gasteiger partial charge < -0.3 is 10.4 Å². The number of aryl methyl sites for hydroxylation is 1. The Kier molecular flexibility index (Phi) is 6.38. The number of aliphatic imine (C=N–C) groups is 1. The Labute approximate surface area is 172 Å². The quantitative estimate of drug-likeness (QED) is 0.718. The molecule has 2 aliphatic heterocycles. The molecule has 0 unspecified atom stereocenters. The highest BCUT2D eigenvalue weighted by atomic mass is 32.2. The summed E-state index contributed by atoms with van der Waals surface area (Å²) in [6.45, 7) is 1.94. The summed E-state index contributed by atoms with van der Waals surface area (Å²) in [5, 5.41) is 12.3. The van der Waals surface area contributed by atoms with Gasteiger partial charge in [-0.2, -0.15) is 0 Å². The first-order valence-corrected chi connectivity index (χ1v) is 11.6. The van der Waals surface area contributed by atoms with Crippen molar-refractivity contribution in [1.82, 2.24) is 9.62 Å². The minimum absolute atomic E-state index is 0.100. The van der Waals surface area contributed by atoms with Crippen molar-refractivity contribution in [3.05, 3.63) is 35.4 Å². The molecule has 28 heavy (non-hydrogen) atoms. The molecule has 1 spiro atoms. The van der Waals surface area contributed by atoms with E-state index < -0.39 is 5.54 Å². The second kappa shape index (κ2) is 8.97. The molecule has 4 rings (SSSR count). The molecule has 5 nitrogen and oxygen atoms in total. The van der Waals surface area contributed by atoms with Crippen LogP contribution in [-0.4, -0.2) is 45.5 Å². The zero-order chi connectivity index (χ0) is 19.4. The number of aliphatic hydroxyl groups excluding tert-OH is 1. The molecule has 1 saturated heterocycles. The molecule has 1 aromatic rings. The van der Waals surface area contributed by atoms with Crippen molar-refractivity contribution in [3.63, 3.8) is 0 Å². The van der Waals surface area contributed by atoms with Crippen molar-refractivity contribution in [2.24, 2.45) is 10.9 Å². The van der Waals surface area contributed by atoms with Crippen molar-refractivity contribution in [2.45, 2.75) is 63.5 Å². The van der Waals surface area contributed by atoms with Crippen molar-refractivity contribution in [1.29, 1.82) is 0 Å². The minimum atomic E-state index is -0.496. The minimum Gasteiger partial charge on any atom is -0.392 e. The van der Waals surface area contributed by atoms with Crippen LogP contribution in [0.3, 0.4) is 0 Å². The molecule has 0 radical (unpaired) electrons. The van der Waals surface area contributed by atoms with Crippen molar-refractivity contribution in [3.8, 4) is 0 Å². The highest BCUT2D eigenvalue weighted by Crippen LogP contribution is 2.35. The summed E-state index contributed by atoms with van der Waals surface area (Å²) in [7, 11) is 0. The van der Waals surface area contributed by atoms with Gasteiger partial charge in [-0.15, -0.1) is 0 Å². The van der Waals surface area contributed by atoms with E-state index in [9.17, 15) is 4.79 Å². The number of piperidine rings is 1. The molecule has 2 fully saturated rings. The van der Waals surface area contributed by atoms with E-state index in [0.29, 0.717) is 5.92 Å². The Bertz CT molecular complexity index is 705. The largest absolute Gasteiger partial charge is 0.392 e. The second-order valence-corrected chi connectivity index (χ2v) is 9.49. The van der Waals surface area contributed by atoms with Crippen LogP contribution in [0.2, 0.25) is 0 Å². The van der Waals surface area contributed by atoms with E-state index in [1.165, 1.54) is 37.7 Å². The fourth-order valence-electron chi connectivity index (χ4n) is 4.54. The predicted molar refractivity (Wildman–Crippen MR) is 114 cm³/mol. The first kappa shape index (κ1) is 19.9. The third kappa shape index (κ3) is 4.44. The van der Waals surface area contributed by atoms with Gasteiger partial charge in [-0.25, -0.2) is 0 Å². The zero-order valence-electron chi connectivity index (χ0n) is 16.5. The van der Waals surface area contributed by atoms with Crippen molar-refractivity contribution < 1.29 is 9.90 Å². The van der Waals surface area contributed by atoms with E-state index in [0.717, 1.165) is 49.5 Å². The maximum Gasteiger partial charge on any atom is 0.253 e. The van der Waals surface area contributed by atoms with Gasteiger partial charge in [0.1, 0.15) is 11.4 Å². The molecular weight excluding hydrogens is 370 g/mol. The van der Waals surface area contributed by atoms with Crippen LogP contribution in [0.5, 0.6) is 0 Å². The average molecular weight is 402 g/mol. The Morgan fingerprint density at radius 3 is 2.46 bits per heavy atom. The lowest BCUT2D eigenvalue weighted by molar-refractivity contribution is -0.124. The van der Waals surface area contributed by atoms with Gasteiger partial charge >= 0.3 is 0 Å². The average Bonchev–Trinajstić information content (AvgIpc) is 3.07. The molecule has 1 amide bonds. The van der Waals surface area contributed by atoms with Gasteiger partial charge in [0.2, 0.25) is 0 Å². The SMILES string of the molecule is O=C1NC(C2CCCCC2)=NC12CCN(SCCc1ccc(CO)cc1)CC2. The van der Waals surface area contributed by atoms with Crippen LogP contribution in [0, 0.1) is 5.92 Å². The lowest BCUT2D eigenvalue weighted by Crippen LogP contribution is -2.47. The second-order valence-electron chi connectivity index (χ2n) is 8.30. The molecule has 0 atom stereocenters. The third-order valence-corrected chi connectivity index (χ3v) is 7.53. The number of amides is 1. The summed E-state index contributed by atoms with van der Waals surface area (Å²) in [5.41, 5.74) is 1.76. The van der Waals surface area contributed by atoms with Crippen LogP contribution in [0.4, 0.5) is 0 Å². The summed E-state index contributed by atoms with van der Waals surface area (Å²) < 4.78 is 2.40. The number of amidine groups is 1.